The second-order valence-electron chi connectivity index (χ2n) is 6.84. The first-order valence-electron chi connectivity index (χ1n) is 9.43. The lowest BCUT2D eigenvalue weighted by Crippen LogP contribution is -2.37. The number of hydrogen-bond acceptors (Lipinski definition) is 5. The van der Waals surface area contributed by atoms with E-state index in [-0.39, 0.29) is 0 Å². The second kappa shape index (κ2) is 7.13. The van der Waals surface area contributed by atoms with Crippen LogP contribution < -0.4 is 4.90 Å². The van der Waals surface area contributed by atoms with Gasteiger partial charge in [-0.2, -0.15) is 0 Å². The maximum absolute atomic E-state index is 5.59. The van der Waals surface area contributed by atoms with Gasteiger partial charge in [0.2, 0.25) is 0 Å². The Morgan fingerprint density at radius 3 is 2.63 bits per heavy atom. The van der Waals surface area contributed by atoms with Crippen molar-refractivity contribution in [3.05, 3.63) is 54.0 Å². The Morgan fingerprint density at radius 2 is 1.81 bits per heavy atom. The molecule has 1 saturated heterocycles. The fourth-order valence-corrected chi connectivity index (χ4v) is 3.79. The molecule has 0 atom stereocenters. The Hall–Kier alpha value is -2.70. The monoisotopic (exact) mass is 362 g/mol. The van der Waals surface area contributed by atoms with Crippen LogP contribution in [0.15, 0.2) is 42.6 Å². The van der Waals surface area contributed by atoms with Gasteiger partial charge in [0.15, 0.2) is 0 Å². The minimum Gasteiger partial charge on any atom is -0.378 e. The topological polar surface area (TPSA) is 63.3 Å². The molecule has 4 heterocycles. The van der Waals surface area contributed by atoms with Gasteiger partial charge < -0.3 is 19.4 Å². The van der Waals surface area contributed by atoms with E-state index in [1.807, 2.05) is 12.3 Å². The maximum atomic E-state index is 5.59. The van der Waals surface area contributed by atoms with Crippen molar-refractivity contribution in [1.29, 1.82) is 0 Å². The highest BCUT2D eigenvalue weighted by Crippen LogP contribution is 2.38. The lowest BCUT2D eigenvalue weighted by molar-refractivity contribution is 0.107. The van der Waals surface area contributed by atoms with Crippen LogP contribution in [0.1, 0.15) is 11.4 Å². The summed E-state index contributed by atoms with van der Waals surface area (Å²) in [5.41, 5.74) is 5.54. The summed E-state index contributed by atoms with van der Waals surface area (Å²) in [5.74, 6) is 1.84. The molecule has 1 fully saturated rings. The first-order chi connectivity index (χ1) is 13.4. The molecule has 0 amide bonds. The van der Waals surface area contributed by atoms with E-state index in [9.17, 15) is 0 Å². The number of rotatable bonds is 3. The number of nitrogens with zero attached hydrogens (tertiary/aromatic N) is 3. The quantitative estimate of drug-likeness (QED) is 0.776. The second-order valence-corrected chi connectivity index (χ2v) is 6.84. The van der Waals surface area contributed by atoms with E-state index in [0.29, 0.717) is 6.61 Å². The van der Waals surface area contributed by atoms with Gasteiger partial charge in [0, 0.05) is 25.7 Å². The number of fused-ring (bicyclic) bond motifs is 1. The van der Waals surface area contributed by atoms with Crippen LogP contribution in [0.25, 0.3) is 22.5 Å². The van der Waals surface area contributed by atoms with Crippen molar-refractivity contribution in [2.75, 3.05) is 37.8 Å². The molecular weight excluding hydrogens is 340 g/mol. The zero-order valence-electron chi connectivity index (χ0n) is 15.1. The predicted octanol–water partition coefficient (Wildman–Crippen LogP) is 3.05. The molecule has 6 nitrogen and oxygen atoms in total. The minimum atomic E-state index is 0.593. The first-order valence-corrected chi connectivity index (χ1v) is 9.43. The van der Waals surface area contributed by atoms with Crippen LogP contribution in [0.5, 0.6) is 0 Å². The number of H-pyrrole nitrogens is 1. The number of aromatic nitrogens is 3. The zero-order valence-corrected chi connectivity index (χ0v) is 15.1. The number of benzene rings is 1. The Morgan fingerprint density at radius 1 is 0.963 bits per heavy atom. The Labute approximate surface area is 158 Å². The van der Waals surface area contributed by atoms with Crippen molar-refractivity contribution in [3.8, 4) is 22.5 Å². The van der Waals surface area contributed by atoms with Gasteiger partial charge in [-0.1, -0.05) is 30.3 Å². The van der Waals surface area contributed by atoms with Gasteiger partial charge in [-0.3, -0.25) is 0 Å². The standard InChI is InChI=1S/C21H22N4O2/c1-2-4-15(5-3-1)16-6-8-22-21(25-9-12-26-13-10-25)19(16)20-23-17-7-11-27-14-18(17)24-20/h1-6,8H,7,9-14H2,(H,23,24). The fraction of sp³-hybridized carbons (Fsp3) is 0.333. The highest BCUT2D eigenvalue weighted by atomic mass is 16.5. The Balaban J connectivity index is 1.69. The summed E-state index contributed by atoms with van der Waals surface area (Å²) in [5, 5.41) is 0. The molecule has 2 aromatic heterocycles. The van der Waals surface area contributed by atoms with Gasteiger partial charge in [-0.05, 0) is 17.2 Å². The predicted molar refractivity (Wildman–Crippen MR) is 104 cm³/mol. The lowest BCUT2D eigenvalue weighted by atomic mass is 10.00. The molecule has 0 unspecified atom stereocenters. The smallest absolute Gasteiger partial charge is 0.142 e. The molecule has 138 valence electrons. The number of imidazole rings is 1. The summed E-state index contributed by atoms with van der Waals surface area (Å²) in [6.45, 7) is 4.43. The Bertz CT molecular complexity index is 909. The van der Waals surface area contributed by atoms with Crippen LogP contribution in [0.4, 0.5) is 5.82 Å². The summed E-state index contributed by atoms with van der Waals surface area (Å²) in [6.07, 6.45) is 2.74. The number of morpholine rings is 1. The number of aromatic amines is 1. The number of pyridine rings is 1. The summed E-state index contributed by atoms with van der Waals surface area (Å²) in [6, 6.07) is 12.5. The number of anilines is 1. The molecule has 0 saturated carbocycles. The van der Waals surface area contributed by atoms with Crippen LogP contribution in [0.3, 0.4) is 0 Å². The highest BCUT2D eigenvalue weighted by Gasteiger charge is 2.24. The van der Waals surface area contributed by atoms with Crippen LogP contribution >= 0.6 is 0 Å². The molecule has 3 aromatic rings. The van der Waals surface area contributed by atoms with Gasteiger partial charge in [-0.25, -0.2) is 9.97 Å². The molecule has 27 heavy (non-hydrogen) atoms. The average molecular weight is 362 g/mol. The normalized spacial score (nSPS) is 17.0. The van der Waals surface area contributed by atoms with E-state index < -0.39 is 0 Å². The largest absolute Gasteiger partial charge is 0.378 e. The lowest BCUT2D eigenvalue weighted by Gasteiger charge is -2.30. The molecule has 5 rings (SSSR count). The first kappa shape index (κ1) is 16.5. The molecule has 0 bridgehead atoms. The fourth-order valence-electron chi connectivity index (χ4n) is 3.79. The Kier molecular flexibility index (Phi) is 4.35. The van der Waals surface area contributed by atoms with E-state index in [2.05, 4.69) is 40.2 Å². The van der Waals surface area contributed by atoms with E-state index in [1.54, 1.807) is 0 Å². The van der Waals surface area contributed by atoms with E-state index in [0.717, 1.165) is 79.1 Å². The maximum Gasteiger partial charge on any atom is 0.142 e. The summed E-state index contributed by atoms with van der Waals surface area (Å²) < 4.78 is 11.1. The van der Waals surface area contributed by atoms with E-state index >= 15 is 0 Å². The number of hydrogen-bond donors (Lipinski definition) is 1. The molecule has 2 aliphatic heterocycles. The average Bonchev–Trinajstić information content (AvgIpc) is 3.18. The van der Waals surface area contributed by atoms with Gasteiger partial charge in [0.25, 0.3) is 0 Å². The van der Waals surface area contributed by atoms with Crippen molar-refractivity contribution in [3.63, 3.8) is 0 Å². The minimum absolute atomic E-state index is 0.593. The van der Waals surface area contributed by atoms with Crippen molar-refractivity contribution < 1.29 is 9.47 Å². The van der Waals surface area contributed by atoms with Crippen LogP contribution in [-0.4, -0.2) is 47.9 Å². The van der Waals surface area contributed by atoms with Gasteiger partial charge in [0.1, 0.15) is 11.6 Å². The van der Waals surface area contributed by atoms with Crippen LogP contribution in [-0.2, 0) is 22.5 Å². The zero-order chi connectivity index (χ0) is 18.1. The number of ether oxygens (including phenoxy) is 2. The van der Waals surface area contributed by atoms with Crippen molar-refractivity contribution in [2.24, 2.45) is 0 Å². The summed E-state index contributed by atoms with van der Waals surface area (Å²) in [7, 11) is 0. The highest BCUT2D eigenvalue weighted by molar-refractivity contribution is 5.88. The van der Waals surface area contributed by atoms with Crippen molar-refractivity contribution >= 4 is 5.82 Å². The van der Waals surface area contributed by atoms with Gasteiger partial charge in [0.05, 0.1) is 43.4 Å². The summed E-state index contributed by atoms with van der Waals surface area (Å²) >= 11 is 0. The molecule has 2 aliphatic rings. The third-order valence-corrected chi connectivity index (χ3v) is 5.16. The molecule has 1 N–H and O–H groups in total. The summed E-state index contributed by atoms with van der Waals surface area (Å²) in [4.78, 5) is 15.5. The molecule has 1 aromatic carbocycles. The van der Waals surface area contributed by atoms with E-state index in [4.69, 9.17) is 19.4 Å². The van der Waals surface area contributed by atoms with Gasteiger partial charge >= 0.3 is 0 Å². The van der Waals surface area contributed by atoms with Crippen LogP contribution in [0, 0.1) is 0 Å². The van der Waals surface area contributed by atoms with Gasteiger partial charge in [-0.15, -0.1) is 0 Å². The van der Waals surface area contributed by atoms with Crippen molar-refractivity contribution in [2.45, 2.75) is 13.0 Å². The SMILES string of the molecule is c1ccc(-c2ccnc(N3CCOCC3)c2-c2nc3c([nH]2)COCC3)cc1. The van der Waals surface area contributed by atoms with E-state index in [1.165, 1.54) is 0 Å². The molecule has 0 aliphatic carbocycles. The molecular formula is C21H22N4O2. The number of nitrogens with one attached hydrogen (secondary N) is 1. The molecule has 6 heteroatoms. The molecule has 0 spiro atoms. The van der Waals surface area contributed by atoms with Crippen molar-refractivity contribution in [1.82, 2.24) is 15.0 Å². The van der Waals surface area contributed by atoms with Crippen LogP contribution in [0.2, 0.25) is 0 Å². The molecule has 0 radical (unpaired) electrons. The third-order valence-electron chi connectivity index (χ3n) is 5.16. The third kappa shape index (κ3) is 3.11.